The van der Waals surface area contributed by atoms with Crippen molar-refractivity contribution in [2.75, 3.05) is 38.8 Å². The van der Waals surface area contributed by atoms with Crippen molar-refractivity contribution in [3.05, 3.63) is 10.6 Å². The molecule has 1 heterocycles. The number of nitrogens with zero attached hydrogens (tertiary/aromatic N) is 2. The molecule has 1 aromatic rings. The fraction of sp³-hybridized carbons (Fsp3) is 0.800. The molecule has 0 bridgehead atoms. The lowest BCUT2D eigenvalue weighted by molar-refractivity contribution is 0.204. The van der Waals surface area contributed by atoms with Gasteiger partial charge in [0, 0.05) is 37.5 Å². The number of anilines is 1. The SMILES string of the molecule is CNCc1sc(N(CCOC)CC(C)C)nc1C1CC1. The third kappa shape index (κ3) is 4.17. The number of rotatable bonds is 9. The second-order valence-corrected chi connectivity index (χ2v) is 7.00. The van der Waals surface area contributed by atoms with Gasteiger partial charge in [0.25, 0.3) is 0 Å². The van der Waals surface area contributed by atoms with E-state index in [1.165, 1.54) is 28.5 Å². The first-order chi connectivity index (χ1) is 9.65. The fourth-order valence-electron chi connectivity index (χ4n) is 2.36. The molecule has 1 aliphatic carbocycles. The van der Waals surface area contributed by atoms with Crippen LogP contribution in [-0.4, -0.2) is 38.8 Å². The Kier molecular flexibility index (Phi) is 5.81. The molecule has 4 nitrogen and oxygen atoms in total. The summed E-state index contributed by atoms with van der Waals surface area (Å²) in [7, 11) is 3.77. The summed E-state index contributed by atoms with van der Waals surface area (Å²) < 4.78 is 5.24. The van der Waals surface area contributed by atoms with Crippen LogP contribution in [0.25, 0.3) is 0 Å². The zero-order valence-corrected chi connectivity index (χ0v) is 13.9. The molecule has 0 unspecified atom stereocenters. The van der Waals surface area contributed by atoms with Crippen molar-refractivity contribution in [3.63, 3.8) is 0 Å². The van der Waals surface area contributed by atoms with E-state index in [4.69, 9.17) is 9.72 Å². The van der Waals surface area contributed by atoms with Crippen LogP contribution in [0.1, 0.15) is 43.2 Å². The first kappa shape index (κ1) is 15.7. The van der Waals surface area contributed by atoms with Crippen molar-refractivity contribution < 1.29 is 4.74 Å². The van der Waals surface area contributed by atoms with Gasteiger partial charge >= 0.3 is 0 Å². The molecular weight excluding hydrogens is 270 g/mol. The predicted octanol–water partition coefficient (Wildman–Crippen LogP) is 2.85. The molecule has 0 radical (unpaired) electrons. The molecule has 0 spiro atoms. The van der Waals surface area contributed by atoms with Crippen molar-refractivity contribution in [3.8, 4) is 0 Å². The van der Waals surface area contributed by atoms with Gasteiger partial charge in [0.2, 0.25) is 0 Å². The van der Waals surface area contributed by atoms with E-state index in [0.717, 1.165) is 26.2 Å². The first-order valence-electron chi connectivity index (χ1n) is 7.53. The normalized spacial score (nSPS) is 15.1. The van der Waals surface area contributed by atoms with Gasteiger partial charge in [-0.1, -0.05) is 13.8 Å². The number of nitrogens with one attached hydrogen (secondary N) is 1. The highest BCUT2D eigenvalue weighted by Gasteiger charge is 2.30. The summed E-state index contributed by atoms with van der Waals surface area (Å²) in [5.74, 6) is 1.35. The molecule has 2 rings (SSSR count). The van der Waals surface area contributed by atoms with Gasteiger partial charge in [-0.05, 0) is 25.8 Å². The molecule has 0 aromatic carbocycles. The Morgan fingerprint density at radius 2 is 2.20 bits per heavy atom. The molecule has 1 aliphatic rings. The van der Waals surface area contributed by atoms with Crippen LogP contribution in [0.15, 0.2) is 0 Å². The maximum Gasteiger partial charge on any atom is 0.185 e. The topological polar surface area (TPSA) is 37.4 Å². The summed E-state index contributed by atoms with van der Waals surface area (Å²) in [6.07, 6.45) is 2.62. The first-order valence-corrected chi connectivity index (χ1v) is 8.35. The highest BCUT2D eigenvalue weighted by atomic mass is 32.1. The molecule has 0 atom stereocenters. The largest absolute Gasteiger partial charge is 0.383 e. The number of methoxy groups -OCH3 is 1. The van der Waals surface area contributed by atoms with Crippen LogP contribution < -0.4 is 10.2 Å². The zero-order valence-electron chi connectivity index (χ0n) is 13.1. The van der Waals surface area contributed by atoms with Crippen LogP contribution in [0, 0.1) is 5.92 Å². The van der Waals surface area contributed by atoms with Crippen molar-refractivity contribution in [2.45, 2.75) is 39.2 Å². The molecule has 0 aliphatic heterocycles. The van der Waals surface area contributed by atoms with Crippen LogP contribution >= 0.6 is 11.3 Å². The third-order valence-electron chi connectivity index (χ3n) is 3.44. The van der Waals surface area contributed by atoms with Crippen LogP contribution in [-0.2, 0) is 11.3 Å². The zero-order chi connectivity index (χ0) is 14.5. The van der Waals surface area contributed by atoms with Gasteiger partial charge in [0.1, 0.15) is 0 Å². The van der Waals surface area contributed by atoms with Crippen LogP contribution in [0.4, 0.5) is 5.13 Å². The molecule has 0 amide bonds. The van der Waals surface area contributed by atoms with E-state index in [-0.39, 0.29) is 0 Å². The fourth-order valence-corrected chi connectivity index (χ4v) is 3.55. The van der Waals surface area contributed by atoms with Crippen LogP contribution in [0.3, 0.4) is 0 Å². The van der Waals surface area contributed by atoms with E-state index in [1.54, 1.807) is 7.11 Å². The van der Waals surface area contributed by atoms with E-state index in [2.05, 4.69) is 24.1 Å². The summed E-state index contributed by atoms with van der Waals surface area (Å²) >= 11 is 1.85. The van der Waals surface area contributed by atoms with E-state index in [0.29, 0.717) is 11.8 Å². The number of ether oxygens (including phenoxy) is 1. The quantitative estimate of drug-likeness (QED) is 0.760. The maximum atomic E-state index is 5.24. The smallest absolute Gasteiger partial charge is 0.185 e. The number of aromatic nitrogens is 1. The number of hydrogen-bond acceptors (Lipinski definition) is 5. The average molecular weight is 297 g/mol. The maximum absolute atomic E-state index is 5.24. The molecule has 0 saturated heterocycles. The van der Waals surface area contributed by atoms with Gasteiger partial charge in [-0.15, -0.1) is 11.3 Å². The van der Waals surface area contributed by atoms with Crippen molar-refractivity contribution in [1.82, 2.24) is 10.3 Å². The summed E-state index contributed by atoms with van der Waals surface area (Å²) in [5, 5.41) is 4.44. The molecule has 1 aromatic heterocycles. The van der Waals surface area contributed by atoms with Gasteiger partial charge < -0.3 is 15.0 Å². The predicted molar refractivity (Wildman–Crippen MR) is 85.8 cm³/mol. The van der Waals surface area contributed by atoms with Crippen molar-refractivity contribution in [2.24, 2.45) is 5.92 Å². The van der Waals surface area contributed by atoms with Crippen molar-refractivity contribution in [1.29, 1.82) is 0 Å². The molecule has 1 saturated carbocycles. The Labute approximate surface area is 126 Å². The molecule has 1 N–H and O–H groups in total. The third-order valence-corrected chi connectivity index (χ3v) is 4.57. The monoisotopic (exact) mass is 297 g/mol. The average Bonchev–Trinajstić information content (AvgIpc) is 3.16. The van der Waals surface area contributed by atoms with Crippen molar-refractivity contribution >= 4 is 16.5 Å². The van der Waals surface area contributed by atoms with E-state index >= 15 is 0 Å². The van der Waals surface area contributed by atoms with Gasteiger partial charge in [0.05, 0.1) is 12.3 Å². The Hall–Kier alpha value is -0.650. The highest BCUT2D eigenvalue weighted by molar-refractivity contribution is 7.15. The standard InChI is InChI=1S/C15H27N3OS/c1-11(2)10-18(7-8-19-4)15-17-14(12-5-6-12)13(20-15)9-16-3/h11-12,16H,5-10H2,1-4H3. The summed E-state index contributed by atoms with van der Waals surface area (Å²) in [6.45, 7) is 8.16. The molecule has 5 heteroatoms. The Morgan fingerprint density at radius 1 is 1.45 bits per heavy atom. The van der Waals surface area contributed by atoms with E-state index in [1.807, 2.05) is 18.4 Å². The second-order valence-electron chi connectivity index (χ2n) is 5.94. The molecule has 1 fully saturated rings. The molecular formula is C15H27N3OS. The second kappa shape index (κ2) is 7.38. The van der Waals surface area contributed by atoms with Crippen LogP contribution in [0.2, 0.25) is 0 Å². The number of thiazole rings is 1. The van der Waals surface area contributed by atoms with E-state index < -0.39 is 0 Å². The summed E-state index contributed by atoms with van der Waals surface area (Å²) in [6, 6.07) is 0. The Morgan fingerprint density at radius 3 is 2.75 bits per heavy atom. The Bertz CT molecular complexity index is 415. The molecule has 20 heavy (non-hydrogen) atoms. The van der Waals surface area contributed by atoms with E-state index in [9.17, 15) is 0 Å². The molecule has 114 valence electrons. The Balaban J connectivity index is 2.15. The minimum Gasteiger partial charge on any atom is -0.383 e. The number of hydrogen-bond donors (Lipinski definition) is 1. The summed E-state index contributed by atoms with van der Waals surface area (Å²) in [4.78, 5) is 8.74. The lowest BCUT2D eigenvalue weighted by atomic mass is 10.2. The van der Waals surface area contributed by atoms with Gasteiger partial charge in [-0.3, -0.25) is 0 Å². The van der Waals surface area contributed by atoms with Gasteiger partial charge in [-0.2, -0.15) is 0 Å². The lowest BCUT2D eigenvalue weighted by Gasteiger charge is -2.23. The highest BCUT2D eigenvalue weighted by Crippen LogP contribution is 2.44. The van der Waals surface area contributed by atoms with Crippen LogP contribution in [0.5, 0.6) is 0 Å². The van der Waals surface area contributed by atoms with Gasteiger partial charge in [0.15, 0.2) is 5.13 Å². The minimum absolute atomic E-state index is 0.632. The summed E-state index contributed by atoms with van der Waals surface area (Å²) in [5.41, 5.74) is 1.34. The van der Waals surface area contributed by atoms with Gasteiger partial charge in [-0.25, -0.2) is 4.98 Å². The minimum atomic E-state index is 0.632. The lowest BCUT2D eigenvalue weighted by Crippen LogP contribution is -2.30.